The van der Waals surface area contributed by atoms with Crippen LogP contribution in [0.15, 0.2) is 30.5 Å². The fourth-order valence-corrected chi connectivity index (χ4v) is 1.86. The molecule has 2 rings (SSSR count). The summed E-state index contributed by atoms with van der Waals surface area (Å²) in [7, 11) is 0. The van der Waals surface area contributed by atoms with Crippen LogP contribution in [0.25, 0.3) is 15.6 Å². The maximum Gasteiger partial charge on any atom is 0.277 e. The monoisotopic (exact) mass is 210 g/mol. The lowest BCUT2D eigenvalue weighted by atomic mass is 9.85. The molecule has 2 heteroatoms. The molecule has 0 aliphatic carbocycles. The molecule has 0 aliphatic heterocycles. The summed E-state index contributed by atoms with van der Waals surface area (Å²) in [5.74, 6) is 0.489. The zero-order valence-corrected chi connectivity index (χ0v) is 9.78. The molecule has 0 bridgehead atoms. The van der Waals surface area contributed by atoms with E-state index in [1.807, 2.05) is 24.4 Å². The molecule has 0 saturated heterocycles. The molecule has 1 aromatic heterocycles. The summed E-state index contributed by atoms with van der Waals surface area (Å²) in [5, 5.41) is 2.08. The van der Waals surface area contributed by atoms with Crippen molar-refractivity contribution >= 4 is 16.6 Å². The summed E-state index contributed by atoms with van der Waals surface area (Å²) in [4.78, 5) is 7.70. The maximum atomic E-state index is 7.11. The Hall–Kier alpha value is -1.88. The van der Waals surface area contributed by atoms with Crippen LogP contribution in [0.5, 0.6) is 0 Å². The third-order valence-electron chi connectivity index (χ3n) is 2.69. The smallest absolute Gasteiger partial charge is 0.277 e. The first-order valence-electron chi connectivity index (χ1n) is 5.30. The Kier molecular flexibility index (Phi) is 2.40. The van der Waals surface area contributed by atoms with Crippen LogP contribution in [0.1, 0.15) is 26.3 Å². The van der Waals surface area contributed by atoms with E-state index in [1.165, 1.54) is 5.56 Å². The van der Waals surface area contributed by atoms with E-state index in [1.54, 1.807) is 0 Å². The van der Waals surface area contributed by atoms with Crippen LogP contribution in [0.2, 0.25) is 0 Å². The first kappa shape index (κ1) is 10.6. The minimum Gasteiger partial charge on any atom is -0.360 e. The van der Waals surface area contributed by atoms with Crippen molar-refractivity contribution in [3.8, 4) is 0 Å². The maximum absolute atomic E-state index is 7.11. The van der Waals surface area contributed by atoms with Gasteiger partial charge in [-0.25, -0.2) is 0 Å². The summed E-state index contributed by atoms with van der Waals surface area (Å²) >= 11 is 0. The molecule has 16 heavy (non-hydrogen) atoms. The Morgan fingerprint density at radius 2 is 1.75 bits per heavy atom. The third-order valence-corrected chi connectivity index (χ3v) is 2.69. The standard InChI is InChI=1S/C14H14N2/c1-14(2,3)12-9-16-13(15-4)11-8-6-5-7-10(11)12/h5-9H,1-3H3. The highest BCUT2D eigenvalue weighted by atomic mass is 14.9. The molecule has 0 aliphatic rings. The van der Waals surface area contributed by atoms with Gasteiger partial charge in [0, 0.05) is 10.9 Å². The summed E-state index contributed by atoms with van der Waals surface area (Å²) < 4.78 is 0. The quantitative estimate of drug-likeness (QED) is 0.599. The van der Waals surface area contributed by atoms with Gasteiger partial charge in [0.1, 0.15) is 6.20 Å². The van der Waals surface area contributed by atoms with Gasteiger partial charge >= 0.3 is 0 Å². The van der Waals surface area contributed by atoms with E-state index in [0.717, 1.165) is 10.8 Å². The number of aromatic nitrogens is 1. The Morgan fingerprint density at radius 3 is 2.31 bits per heavy atom. The third kappa shape index (κ3) is 1.65. The molecule has 0 N–H and O–H groups in total. The topological polar surface area (TPSA) is 17.2 Å². The minimum atomic E-state index is 0.0488. The van der Waals surface area contributed by atoms with Crippen molar-refractivity contribution in [2.45, 2.75) is 26.2 Å². The Morgan fingerprint density at radius 1 is 1.12 bits per heavy atom. The van der Waals surface area contributed by atoms with Crippen LogP contribution in [-0.4, -0.2) is 4.98 Å². The zero-order chi connectivity index (χ0) is 11.8. The van der Waals surface area contributed by atoms with E-state index in [4.69, 9.17) is 6.57 Å². The molecule has 0 amide bonds. The normalized spacial score (nSPS) is 11.4. The molecule has 2 aromatic rings. The number of pyridine rings is 1. The zero-order valence-electron chi connectivity index (χ0n) is 9.78. The predicted octanol–water partition coefficient (Wildman–Crippen LogP) is 4.08. The number of hydrogen-bond acceptors (Lipinski definition) is 1. The molecule has 1 aromatic carbocycles. The van der Waals surface area contributed by atoms with E-state index < -0.39 is 0 Å². The van der Waals surface area contributed by atoms with E-state index >= 15 is 0 Å². The molecule has 2 nitrogen and oxygen atoms in total. The molecule has 0 radical (unpaired) electrons. The van der Waals surface area contributed by atoms with Crippen LogP contribution in [0, 0.1) is 6.57 Å². The van der Waals surface area contributed by atoms with Crippen molar-refractivity contribution in [1.29, 1.82) is 0 Å². The molecule has 0 unspecified atom stereocenters. The lowest BCUT2D eigenvalue weighted by Crippen LogP contribution is -2.12. The van der Waals surface area contributed by atoms with Crippen LogP contribution in [0.3, 0.4) is 0 Å². The first-order chi connectivity index (χ1) is 7.54. The van der Waals surface area contributed by atoms with Crippen LogP contribution in [-0.2, 0) is 5.41 Å². The molecular formula is C14H14N2. The summed E-state index contributed by atoms with van der Waals surface area (Å²) in [6, 6.07) is 7.98. The van der Waals surface area contributed by atoms with E-state index in [0.29, 0.717) is 5.82 Å². The highest BCUT2D eigenvalue weighted by Gasteiger charge is 2.19. The average molecular weight is 210 g/mol. The average Bonchev–Trinajstić information content (AvgIpc) is 2.26. The summed E-state index contributed by atoms with van der Waals surface area (Å²) in [6.07, 6.45) is 1.83. The van der Waals surface area contributed by atoms with Crippen molar-refractivity contribution in [2.75, 3.05) is 0 Å². The van der Waals surface area contributed by atoms with Crippen LogP contribution < -0.4 is 0 Å². The van der Waals surface area contributed by atoms with E-state index in [2.05, 4.69) is 36.7 Å². The highest BCUT2D eigenvalue weighted by molar-refractivity contribution is 5.94. The van der Waals surface area contributed by atoms with Gasteiger partial charge in [-0.1, -0.05) is 51.6 Å². The Labute approximate surface area is 95.8 Å². The summed E-state index contributed by atoms with van der Waals surface area (Å²) in [5.41, 5.74) is 1.24. The number of rotatable bonds is 0. The number of benzene rings is 1. The largest absolute Gasteiger partial charge is 0.360 e. The predicted molar refractivity (Wildman–Crippen MR) is 66.7 cm³/mol. The molecule has 0 fully saturated rings. The van der Waals surface area contributed by atoms with Gasteiger partial charge in [0.25, 0.3) is 5.82 Å². The Balaban J connectivity index is 2.87. The van der Waals surface area contributed by atoms with Crippen molar-refractivity contribution < 1.29 is 0 Å². The summed E-state index contributed by atoms with van der Waals surface area (Å²) in [6.45, 7) is 13.6. The van der Waals surface area contributed by atoms with Gasteiger partial charge in [0.05, 0.1) is 0 Å². The second kappa shape index (κ2) is 3.61. The van der Waals surface area contributed by atoms with Gasteiger partial charge in [0.2, 0.25) is 0 Å². The lowest BCUT2D eigenvalue weighted by Gasteiger charge is -2.19. The molecule has 0 spiro atoms. The molecular weight excluding hydrogens is 196 g/mol. The van der Waals surface area contributed by atoms with Gasteiger partial charge in [-0.05, 0) is 10.8 Å². The fraction of sp³-hybridized carbons (Fsp3) is 0.286. The fourth-order valence-electron chi connectivity index (χ4n) is 1.86. The first-order valence-corrected chi connectivity index (χ1v) is 5.30. The minimum absolute atomic E-state index is 0.0488. The van der Waals surface area contributed by atoms with E-state index in [-0.39, 0.29) is 5.41 Å². The second-order valence-corrected chi connectivity index (χ2v) is 4.90. The van der Waals surface area contributed by atoms with Crippen molar-refractivity contribution in [2.24, 2.45) is 0 Å². The second-order valence-electron chi connectivity index (χ2n) is 4.90. The van der Waals surface area contributed by atoms with Gasteiger partial charge in [-0.15, -0.1) is 4.98 Å². The van der Waals surface area contributed by atoms with Crippen LogP contribution >= 0.6 is 0 Å². The Bertz CT molecular complexity index is 571. The van der Waals surface area contributed by atoms with Crippen molar-refractivity contribution in [3.05, 3.63) is 47.4 Å². The number of hydrogen-bond donors (Lipinski definition) is 0. The number of fused-ring (bicyclic) bond motifs is 1. The lowest BCUT2D eigenvalue weighted by molar-refractivity contribution is 0.593. The number of nitrogens with zero attached hydrogens (tertiary/aromatic N) is 2. The molecule has 1 heterocycles. The van der Waals surface area contributed by atoms with Crippen molar-refractivity contribution in [3.63, 3.8) is 0 Å². The SMILES string of the molecule is [C-]#[N+]c1ncc(C(C)(C)C)c2ccccc12. The van der Waals surface area contributed by atoms with Gasteiger partial charge in [-0.3, -0.25) is 0 Å². The van der Waals surface area contributed by atoms with Gasteiger partial charge in [0.15, 0.2) is 0 Å². The van der Waals surface area contributed by atoms with E-state index in [9.17, 15) is 0 Å². The highest BCUT2D eigenvalue weighted by Crippen LogP contribution is 2.33. The molecule has 0 saturated carbocycles. The van der Waals surface area contributed by atoms with Crippen molar-refractivity contribution in [1.82, 2.24) is 4.98 Å². The van der Waals surface area contributed by atoms with Crippen LogP contribution in [0.4, 0.5) is 5.82 Å². The molecule has 80 valence electrons. The van der Waals surface area contributed by atoms with Gasteiger partial charge < -0.3 is 4.85 Å². The van der Waals surface area contributed by atoms with Gasteiger partial charge in [-0.2, -0.15) is 0 Å². The molecule has 0 atom stereocenters.